The summed E-state index contributed by atoms with van der Waals surface area (Å²) in [4.78, 5) is 19.2. The number of amides is 1. The second kappa shape index (κ2) is 5.90. The van der Waals surface area contributed by atoms with Crippen LogP contribution >= 0.6 is 23.1 Å². The second-order valence-electron chi connectivity index (χ2n) is 4.65. The van der Waals surface area contributed by atoms with Gasteiger partial charge in [0, 0.05) is 17.8 Å². The van der Waals surface area contributed by atoms with E-state index in [0.717, 1.165) is 16.8 Å². The normalized spacial score (nSPS) is 16.6. The van der Waals surface area contributed by atoms with Crippen molar-refractivity contribution in [2.45, 2.75) is 25.1 Å². The van der Waals surface area contributed by atoms with E-state index in [2.05, 4.69) is 9.71 Å². The van der Waals surface area contributed by atoms with Crippen molar-refractivity contribution >= 4 is 44.2 Å². The Morgan fingerprint density at radius 3 is 2.85 bits per heavy atom. The van der Waals surface area contributed by atoms with Crippen LogP contribution in [0.15, 0.2) is 0 Å². The Morgan fingerprint density at radius 2 is 2.25 bits per heavy atom. The predicted octanol–water partition coefficient (Wildman–Crippen LogP) is 1.15. The molecule has 1 aliphatic heterocycles. The number of nitrogens with one attached hydrogen (secondary N) is 1. The number of aromatic nitrogens is 1. The first-order chi connectivity index (χ1) is 9.30. The highest BCUT2D eigenvalue weighted by molar-refractivity contribution is 7.99. The monoisotopic (exact) mass is 335 g/mol. The van der Waals surface area contributed by atoms with Crippen molar-refractivity contribution in [3.8, 4) is 0 Å². The molecule has 1 N–H and O–H groups in total. The summed E-state index contributed by atoms with van der Waals surface area (Å²) in [7, 11) is -3.31. The minimum atomic E-state index is -3.31. The highest BCUT2D eigenvalue weighted by atomic mass is 32.2. The molecule has 0 aromatic carbocycles. The van der Waals surface area contributed by atoms with Crippen LogP contribution in [0.2, 0.25) is 0 Å². The molecule has 0 aliphatic carbocycles. The molecule has 1 atom stereocenters. The first kappa shape index (κ1) is 15.6. The molecule has 0 spiro atoms. The molecule has 1 aromatic rings. The van der Waals surface area contributed by atoms with Crippen LogP contribution in [-0.4, -0.2) is 48.5 Å². The summed E-state index contributed by atoms with van der Waals surface area (Å²) in [5, 5.41) is 0.322. The van der Waals surface area contributed by atoms with E-state index >= 15 is 0 Å². The van der Waals surface area contributed by atoms with Crippen LogP contribution in [0.3, 0.4) is 0 Å². The Labute approximate surface area is 127 Å². The summed E-state index contributed by atoms with van der Waals surface area (Å²) < 4.78 is 24.8. The molecule has 20 heavy (non-hydrogen) atoms. The molecule has 0 unspecified atom stereocenters. The second-order valence-corrected chi connectivity index (χ2v) is 8.66. The van der Waals surface area contributed by atoms with E-state index < -0.39 is 10.0 Å². The third-order valence-electron chi connectivity index (χ3n) is 3.02. The molecule has 1 amide bonds. The molecule has 0 saturated carbocycles. The van der Waals surface area contributed by atoms with Gasteiger partial charge in [-0.15, -0.1) is 0 Å². The maximum atomic E-state index is 12.2. The number of hydrogen-bond acceptors (Lipinski definition) is 6. The molecule has 2 rings (SSSR count). The van der Waals surface area contributed by atoms with Gasteiger partial charge in [-0.25, -0.2) is 13.4 Å². The molecule has 1 aliphatic rings. The minimum Gasteiger partial charge on any atom is -0.336 e. The molecule has 2 heterocycles. The zero-order valence-electron chi connectivity index (χ0n) is 11.5. The van der Waals surface area contributed by atoms with Gasteiger partial charge in [0.2, 0.25) is 15.9 Å². The lowest BCUT2D eigenvalue weighted by Crippen LogP contribution is -2.39. The summed E-state index contributed by atoms with van der Waals surface area (Å²) in [5.41, 5.74) is 0.891. The highest BCUT2D eigenvalue weighted by Crippen LogP contribution is 2.29. The zero-order chi connectivity index (χ0) is 14.9. The summed E-state index contributed by atoms with van der Waals surface area (Å²) in [6.45, 7) is 3.05. The number of nitrogens with zero attached hydrogens (tertiary/aromatic N) is 2. The quantitative estimate of drug-likeness (QED) is 0.893. The molecule has 0 bridgehead atoms. The third-order valence-corrected chi connectivity index (χ3v) is 5.62. The lowest BCUT2D eigenvalue weighted by molar-refractivity contribution is -0.131. The van der Waals surface area contributed by atoms with Crippen molar-refractivity contribution in [3.05, 3.63) is 10.6 Å². The van der Waals surface area contributed by atoms with Crippen molar-refractivity contribution in [3.63, 3.8) is 0 Å². The van der Waals surface area contributed by atoms with Gasteiger partial charge < -0.3 is 4.90 Å². The van der Waals surface area contributed by atoms with Crippen LogP contribution < -0.4 is 4.72 Å². The topological polar surface area (TPSA) is 79.4 Å². The van der Waals surface area contributed by atoms with Crippen molar-refractivity contribution in [2.75, 3.05) is 23.8 Å². The van der Waals surface area contributed by atoms with E-state index in [0.29, 0.717) is 24.6 Å². The van der Waals surface area contributed by atoms with Gasteiger partial charge in [-0.1, -0.05) is 11.3 Å². The maximum absolute atomic E-state index is 12.2. The third kappa shape index (κ3) is 3.64. The zero-order valence-corrected chi connectivity index (χ0v) is 14.0. The number of fused-ring (bicyclic) bond motifs is 1. The number of anilines is 1. The number of sulfonamides is 1. The smallest absolute Gasteiger partial charge is 0.235 e. The van der Waals surface area contributed by atoms with Gasteiger partial charge in [0.25, 0.3) is 0 Å². The average Bonchev–Trinajstić information content (AvgIpc) is 2.75. The summed E-state index contributed by atoms with van der Waals surface area (Å²) in [5.74, 6) is 0.120. The van der Waals surface area contributed by atoms with Gasteiger partial charge in [0.1, 0.15) is 0 Å². The van der Waals surface area contributed by atoms with Crippen molar-refractivity contribution < 1.29 is 13.2 Å². The van der Waals surface area contributed by atoms with Crippen LogP contribution in [0.5, 0.6) is 0 Å². The minimum absolute atomic E-state index is 0.0573. The molecule has 6 nitrogen and oxygen atoms in total. The number of carbonyl (C=O) groups is 1. The highest BCUT2D eigenvalue weighted by Gasteiger charge is 2.27. The first-order valence-corrected chi connectivity index (χ1v) is 10.1. The van der Waals surface area contributed by atoms with E-state index in [1.54, 1.807) is 0 Å². The SMILES string of the molecule is CS[C@@H](C)C(=O)N1CCc2nc(NS(C)(=O)=O)sc2C1. The molecule has 112 valence electrons. The van der Waals surface area contributed by atoms with E-state index in [1.165, 1.54) is 23.1 Å². The van der Waals surface area contributed by atoms with Gasteiger partial charge in [-0.3, -0.25) is 9.52 Å². The van der Waals surface area contributed by atoms with Crippen molar-refractivity contribution in [1.29, 1.82) is 0 Å². The molecule has 9 heteroatoms. The Hall–Kier alpha value is -0.800. The molecule has 0 radical (unpaired) electrons. The summed E-state index contributed by atoms with van der Waals surface area (Å²) in [6, 6.07) is 0. The fourth-order valence-electron chi connectivity index (χ4n) is 1.94. The van der Waals surface area contributed by atoms with E-state index in [1.807, 2.05) is 18.1 Å². The largest absolute Gasteiger partial charge is 0.336 e. The number of hydrogen-bond donors (Lipinski definition) is 1. The van der Waals surface area contributed by atoms with Crippen LogP contribution in [-0.2, 0) is 27.8 Å². The van der Waals surface area contributed by atoms with E-state index in [-0.39, 0.29) is 11.2 Å². The standard InChI is InChI=1S/C11H17N3O3S3/c1-7(18-2)10(15)14-5-4-8-9(6-14)19-11(12-8)13-20(3,16)17/h7H,4-6H2,1-3H3,(H,12,13)/t7-/m0/s1. The Morgan fingerprint density at radius 1 is 1.55 bits per heavy atom. The van der Waals surface area contributed by atoms with Crippen LogP contribution in [0.25, 0.3) is 0 Å². The fraction of sp³-hybridized carbons (Fsp3) is 0.636. The lowest BCUT2D eigenvalue weighted by atomic mass is 10.1. The molecular weight excluding hydrogens is 318 g/mol. The lowest BCUT2D eigenvalue weighted by Gasteiger charge is -2.28. The van der Waals surface area contributed by atoms with Crippen LogP contribution in [0.4, 0.5) is 5.13 Å². The molecule has 0 saturated heterocycles. The summed E-state index contributed by atoms with van der Waals surface area (Å²) in [6.07, 6.45) is 3.69. The molecule has 1 aromatic heterocycles. The van der Waals surface area contributed by atoms with E-state index in [4.69, 9.17) is 0 Å². The predicted molar refractivity (Wildman–Crippen MR) is 82.7 cm³/mol. The number of thiazole rings is 1. The van der Waals surface area contributed by atoms with Crippen LogP contribution in [0.1, 0.15) is 17.5 Å². The fourth-order valence-corrected chi connectivity index (χ4v) is 4.15. The Balaban J connectivity index is 2.12. The molecule has 0 fully saturated rings. The van der Waals surface area contributed by atoms with Gasteiger partial charge in [0.15, 0.2) is 5.13 Å². The number of rotatable bonds is 4. The van der Waals surface area contributed by atoms with Gasteiger partial charge >= 0.3 is 0 Å². The van der Waals surface area contributed by atoms with Crippen LogP contribution in [0, 0.1) is 0 Å². The summed E-state index contributed by atoms with van der Waals surface area (Å²) >= 11 is 2.83. The van der Waals surface area contributed by atoms with Gasteiger partial charge in [0.05, 0.1) is 23.7 Å². The van der Waals surface area contributed by atoms with Gasteiger partial charge in [-0.05, 0) is 13.2 Å². The van der Waals surface area contributed by atoms with Crippen molar-refractivity contribution in [2.24, 2.45) is 0 Å². The van der Waals surface area contributed by atoms with E-state index in [9.17, 15) is 13.2 Å². The first-order valence-electron chi connectivity index (χ1n) is 6.08. The average molecular weight is 335 g/mol. The number of carbonyl (C=O) groups excluding carboxylic acids is 1. The molecular formula is C11H17N3O3S3. The van der Waals surface area contributed by atoms with Gasteiger partial charge in [-0.2, -0.15) is 11.8 Å². The maximum Gasteiger partial charge on any atom is 0.235 e. The Bertz CT molecular complexity index is 612. The van der Waals surface area contributed by atoms with Crippen molar-refractivity contribution in [1.82, 2.24) is 9.88 Å². The number of thioether (sulfide) groups is 1. The Kier molecular flexibility index (Phi) is 4.60.